The van der Waals surface area contributed by atoms with E-state index < -0.39 is 4.92 Å². The quantitative estimate of drug-likeness (QED) is 0.313. The number of aldehydes is 1. The molecule has 0 bridgehead atoms. The molecule has 0 fully saturated rings. The second-order valence-electron chi connectivity index (χ2n) is 2.48. The van der Waals surface area contributed by atoms with Crippen molar-refractivity contribution in [3.63, 3.8) is 0 Å². The molecule has 74 valence electrons. The van der Waals surface area contributed by atoms with E-state index in [1.807, 2.05) is 0 Å². The lowest BCUT2D eigenvalue weighted by Crippen LogP contribution is -2.23. The molecule has 0 spiro atoms. The van der Waals surface area contributed by atoms with E-state index in [1.54, 1.807) is 12.1 Å². The number of rotatable bonds is 5. The molecule has 0 unspecified atom stereocenters. The molecule has 2 N–H and O–H groups in total. The van der Waals surface area contributed by atoms with Gasteiger partial charge in [0.15, 0.2) is 0 Å². The smallest absolute Gasteiger partial charge is 0.271 e. The zero-order valence-electron chi connectivity index (χ0n) is 7.27. The van der Waals surface area contributed by atoms with Crippen molar-refractivity contribution in [1.29, 1.82) is 0 Å². The molecule has 6 nitrogen and oxygen atoms in total. The maximum Gasteiger partial charge on any atom is 0.271 e. The van der Waals surface area contributed by atoms with Crippen LogP contribution in [0, 0.1) is 10.1 Å². The van der Waals surface area contributed by atoms with E-state index in [4.69, 9.17) is 0 Å². The van der Waals surface area contributed by atoms with E-state index in [-0.39, 0.29) is 12.2 Å². The number of nitrogens with one attached hydrogen (secondary N) is 2. The van der Waals surface area contributed by atoms with Gasteiger partial charge in [-0.1, -0.05) is 6.07 Å². The SMILES string of the molecule is O=CCNNc1cccc([N+](=O)[O-])c1. The number of hydrogen-bond acceptors (Lipinski definition) is 5. The van der Waals surface area contributed by atoms with Crippen LogP contribution in [0.4, 0.5) is 11.4 Å². The second-order valence-corrected chi connectivity index (χ2v) is 2.48. The van der Waals surface area contributed by atoms with Crippen molar-refractivity contribution >= 4 is 17.7 Å². The molecular weight excluding hydrogens is 186 g/mol. The molecular formula is C8H9N3O3. The fourth-order valence-corrected chi connectivity index (χ4v) is 0.892. The Morgan fingerprint density at radius 2 is 2.29 bits per heavy atom. The van der Waals surface area contributed by atoms with Gasteiger partial charge >= 0.3 is 0 Å². The Kier molecular flexibility index (Phi) is 3.57. The van der Waals surface area contributed by atoms with Crippen LogP contribution in [0.3, 0.4) is 0 Å². The Bertz CT molecular complexity index is 340. The van der Waals surface area contributed by atoms with Crippen molar-refractivity contribution in [2.75, 3.05) is 12.0 Å². The molecule has 0 heterocycles. The molecule has 0 saturated carbocycles. The molecule has 0 aromatic heterocycles. The van der Waals surface area contributed by atoms with Crippen LogP contribution in [0.2, 0.25) is 0 Å². The number of non-ortho nitro benzene ring substituents is 1. The van der Waals surface area contributed by atoms with Gasteiger partial charge in [-0.15, -0.1) is 0 Å². The first-order valence-corrected chi connectivity index (χ1v) is 3.91. The molecule has 14 heavy (non-hydrogen) atoms. The summed E-state index contributed by atoms with van der Waals surface area (Å²) in [6.07, 6.45) is 0.685. The van der Waals surface area contributed by atoms with Crippen LogP contribution in [-0.4, -0.2) is 17.8 Å². The average Bonchev–Trinajstić information content (AvgIpc) is 2.19. The Hall–Kier alpha value is -1.95. The third-order valence-corrected chi connectivity index (χ3v) is 1.48. The van der Waals surface area contributed by atoms with E-state index >= 15 is 0 Å². The number of benzene rings is 1. The van der Waals surface area contributed by atoms with E-state index in [1.165, 1.54) is 12.1 Å². The predicted molar refractivity (Wildman–Crippen MR) is 50.8 cm³/mol. The van der Waals surface area contributed by atoms with Crippen LogP contribution in [0.25, 0.3) is 0 Å². The minimum absolute atomic E-state index is 0.00269. The normalized spacial score (nSPS) is 9.43. The Labute approximate surface area is 80.0 Å². The highest BCUT2D eigenvalue weighted by atomic mass is 16.6. The molecule has 0 atom stereocenters. The molecule has 0 radical (unpaired) electrons. The number of hydrogen-bond donors (Lipinski definition) is 2. The van der Waals surface area contributed by atoms with Gasteiger partial charge in [0.05, 0.1) is 17.2 Å². The van der Waals surface area contributed by atoms with Gasteiger partial charge in [-0.3, -0.25) is 10.1 Å². The predicted octanol–water partition coefficient (Wildman–Crippen LogP) is 0.710. The number of nitrogens with zero attached hydrogens (tertiary/aromatic N) is 1. The Morgan fingerprint density at radius 1 is 1.50 bits per heavy atom. The monoisotopic (exact) mass is 195 g/mol. The van der Waals surface area contributed by atoms with Crippen LogP contribution in [0.5, 0.6) is 0 Å². The first-order chi connectivity index (χ1) is 6.74. The summed E-state index contributed by atoms with van der Waals surface area (Å²) in [5.41, 5.74) is 5.78. The third kappa shape index (κ3) is 2.83. The largest absolute Gasteiger partial charge is 0.321 e. The van der Waals surface area contributed by atoms with Crippen molar-refractivity contribution in [2.45, 2.75) is 0 Å². The number of hydrazine groups is 1. The molecule has 0 amide bonds. The lowest BCUT2D eigenvalue weighted by molar-refractivity contribution is -0.384. The summed E-state index contributed by atoms with van der Waals surface area (Å²) in [4.78, 5) is 19.9. The van der Waals surface area contributed by atoms with Gasteiger partial charge in [-0.25, -0.2) is 5.43 Å². The molecule has 0 saturated heterocycles. The zero-order valence-corrected chi connectivity index (χ0v) is 7.27. The van der Waals surface area contributed by atoms with Crippen molar-refractivity contribution in [3.8, 4) is 0 Å². The average molecular weight is 195 g/mol. The Balaban J connectivity index is 2.63. The first-order valence-electron chi connectivity index (χ1n) is 3.91. The van der Waals surface area contributed by atoms with E-state index in [2.05, 4.69) is 10.9 Å². The summed E-state index contributed by atoms with van der Waals surface area (Å²) >= 11 is 0. The van der Waals surface area contributed by atoms with Crippen LogP contribution < -0.4 is 10.9 Å². The van der Waals surface area contributed by atoms with E-state index in [9.17, 15) is 14.9 Å². The minimum Gasteiger partial charge on any atom is -0.321 e. The first kappa shape index (κ1) is 10.1. The van der Waals surface area contributed by atoms with Gasteiger partial charge in [0, 0.05) is 12.1 Å². The highest BCUT2D eigenvalue weighted by Crippen LogP contribution is 2.15. The fraction of sp³-hybridized carbons (Fsp3) is 0.125. The number of anilines is 1. The lowest BCUT2D eigenvalue weighted by Gasteiger charge is -2.04. The fourth-order valence-electron chi connectivity index (χ4n) is 0.892. The minimum atomic E-state index is -0.481. The molecule has 0 aliphatic heterocycles. The highest BCUT2D eigenvalue weighted by Gasteiger charge is 2.04. The summed E-state index contributed by atoms with van der Waals surface area (Å²) < 4.78 is 0. The number of carbonyl (C=O) groups excluding carboxylic acids is 1. The molecule has 0 aliphatic rings. The van der Waals surface area contributed by atoms with Crippen LogP contribution in [0.1, 0.15) is 0 Å². The molecule has 1 aromatic carbocycles. The van der Waals surface area contributed by atoms with Gasteiger partial charge in [0.25, 0.3) is 5.69 Å². The van der Waals surface area contributed by atoms with E-state index in [0.717, 1.165) is 0 Å². The molecule has 1 rings (SSSR count). The standard InChI is InChI=1S/C8H9N3O3/c12-5-4-9-10-7-2-1-3-8(6-7)11(13)14/h1-3,5-6,9-10H,4H2. The van der Waals surface area contributed by atoms with Gasteiger partial charge in [0.1, 0.15) is 6.29 Å². The van der Waals surface area contributed by atoms with Crippen molar-refractivity contribution < 1.29 is 9.72 Å². The number of nitro benzene ring substituents is 1. The number of carbonyl (C=O) groups is 1. The maximum atomic E-state index is 10.4. The summed E-state index contributed by atoms with van der Waals surface area (Å²) in [5.74, 6) is 0. The maximum absolute atomic E-state index is 10.4. The summed E-state index contributed by atoms with van der Waals surface area (Å²) in [5, 5.41) is 10.4. The van der Waals surface area contributed by atoms with Gasteiger partial charge in [0.2, 0.25) is 0 Å². The zero-order chi connectivity index (χ0) is 10.4. The highest BCUT2D eigenvalue weighted by molar-refractivity contribution is 5.54. The van der Waals surface area contributed by atoms with Crippen LogP contribution >= 0.6 is 0 Å². The summed E-state index contributed by atoms with van der Waals surface area (Å²) in [6.45, 7) is 0.142. The number of nitro groups is 1. The molecule has 0 aliphatic carbocycles. The van der Waals surface area contributed by atoms with Gasteiger partial charge in [-0.2, -0.15) is 0 Å². The van der Waals surface area contributed by atoms with Crippen molar-refractivity contribution in [2.24, 2.45) is 0 Å². The topological polar surface area (TPSA) is 84.3 Å². The van der Waals surface area contributed by atoms with Crippen molar-refractivity contribution in [1.82, 2.24) is 5.43 Å². The van der Waals surface area contributed by atoms with E-state index in [0.29, 0.717) is 12.0 Å². The van der Waals surface area contributed by atoms with Crippen LogP contribution in [-0.2, 0) is 4.79 Å². The molecule has 1 aromatic rings. The van der Waals surface area contributed by atoms with Crippen molar-refractivity contribution in [3.05, 3.63) is 34.4 Å². The van der Waals surface area contributed by atoms with Crippen LogP contribution in [0.15, 0.2) is 24.3 Å². The third-order valence-electron chi connectivity index (χ3n) is 1.48. The summed E-state index contributed by atoms with van der Waals surface area (Å²) in [7, 11) is 0. The summed E-state index contributed by atoms with van der Waals surface area (Å²) in [6, 6.07) is 5.98. The molecule has 6 heteroatoms. The lowest BCUT2D eigenvalue weighted by atomic mass is 10.3. The Morgan fingerprint density at radius 3 is 2.93 bits per heavy atom. The second kappa shape index (κ2) is 4.93. The van der Waals surface area contributed by atoms with Gasteiger partial charge < -0.3 is 10.2 Å². The van der Waals surface area contributed by atoms with Gasteiger partial charge in [-0.05, 0) is 6.07 Å².